The third-order valence-corrected chi connectivity index (χ3v) is 17.1. The van der Waals surface area contributed by atoms with E-state index in [1.54, 1.807) is 0 Å². The molecule has 15 rings (SSSR count). The zero-order valence-corrected chi connectivity index (χ0v) is 43.6. The Morgan fingerprint density at radius 3 is 1.62 bits per heavy atom. The van der Waals surface area contributed by atoms with E-state index in [2.05, 4.69) is 315 Å². The molecular formula is C76H54N2. The maximum atomic E-state index is 2.48. The minimum Gasteiger partial charge on any atom is -0.310 e. The zero-order valence-electron chi connectivity index (χ0n) is 43.6. The maximum Gasteiger partial charge on any atom is 0.0719 e. The van der Waals surface area contributed by atoms with Crippen LogP contribution in [0.15, 0.2) is 291 Å². The predicted molar refractivity (Wildman–Crippen MR) is 327 cm³/mol. The fourth-order valence-electron chi connectivity index (χ4n) is 13.6. The minimum atomic E-state index is -0.524. The molecule has 0 amide bonds. The molecule has 0 radical (unpaired) electrons. The summed E-state index contributed by atoms with van der Waals surface area (Å²) in [7, 11) is 0. The maximum absolute atomic E-state index is 2.48. The molecule has 0 saturated carbocycles. The highest BCUT2D eigenvalue weighted by Gasteiger charge is 2.47. The average molecular weight is 995 g/mol. The first kappa shape index (κ1) is 45.6. The highest BCUT2D eigenvalue weighted by atomic mass is 15.1. The lowest BCUT2D eigenvalue weighted by Crippen LogP contribution is -2.29. The zero-order chi connectivity index (χ0) is 52.0. The van der Waals surface area contributed by atoms with Gasteiger partial charge in [0.15, 0.2) is 0 Å². The van der Waals surface area contributed by atoms with Crippen LogP contribution in [0.25, 0.3) is 83.1 Å². The van der Waals surface area contributed by atoms with Crippen LogP contribution in [-0.4, -0.2) is 4.57 Å². The number of hydrogen-bond donors (Lipinski definition) is 0. The number of fused-ring (bicyclic) bond motifs is 9. The molecule has 1 heterocycles. The van der Waals surface area contributed by atoms with E-state index in [0.717, 1.165) is 45.0 Å². The van der Waals surface area contributed by atoms with Gasteiger partial charge in [-0.3, -0.25) is 0 Å². The number of hydrogen-bond acceptors (Lipinski definition) is 1. The van der Waals surface area contributed by atoms with Crippen molar-refractivity contribution in [3.8, 4) is 61.3 Å². The second-order valence-corrected chi connectivity index (χ2v) is 21.6. The molecule has 368 valence electrons. The molecule has 0 aliphatic heterocycles. The van der Waals surface area contributed by atoms with Crippen molar-refractivity contribution in [2.45, 2.75) is 24.7 Å². The van der Waals surface area contributed by atoms with E-state index >= 15 is 0 Å². The molecule has 2 aliphatic rings. The van der Waals surface area contributed by atoms with Crippen molar-refractivity contribution >= 4 is 38.9 Å². The Balaban J connectivity index is 0.861. The molecule has 2 nitrogen and oxygen atoms in total. The van der Waals surface area contributed by atoms with Crippen LogP contribution < -0.4 is 4.90 Å². The van der Waals surface area contributed by atoms with Crippen molar-refractivity contribution < 1.29 is 0 Å². The molecule has 0 fully saturated rings. The smallest absolute Gasteiger partial charge is 0.0719 e. The monoisotopic (exact) mass is 994 g/mol. The van der Waals surface area contributed by atoms with E-state index in [4.69, 9.17) is 0 Å². The second kappa shape index (κ2) is 17.9. The van der Waals surface area contributed by atoms with Crippen LogP contribution in [0.5, 0.6) is 0 Å². The molecule has 0 N–H and O–H groups in total. The van der Waals surface area contributed by atoms with Crippen molar-refractivity contribution in [1.29, 1.82) is 0 Å². The van der Waals surface area contributed by atoms with Crippen LogP contribution in [0, 0.1) is 0 Å². The van der Waals surface area contributed by atoms with E-state index in [0.29, 0.717) is 0 Å². The number of nitrogens with zero attached hydrogens (tertiary/aromatic N) is 2. The number of para-hydroxylation sites is 3. The summed E-state index contributed by atoms with van der Waals surface area (Å²) in [6.07, 6.45) is 0. The molecule has 13 aromatic rings. The van der Waals surface area contributed by atoms with Crippen LogP contribution in [0.1, 0.15) is 47.2 Å². The SMILES string of the molecule is CC1(C)c2ccccc2-c2cc(N(c3ccccc3)c3ccccc3-c3cccc(-c4ccc5c6ccccc6n(-c6cccc(-c7cccc8c7C(c7ccccc7)(c7ccccc7)c7ccccc7-8)c6)c5c4)c3)ccc21. The van der Waals surface area contributed by atoms with Gasteiger partial charge in [-0.05, 0) is 144 Å². The van der Waals surface area contributed by atoms with Crippen LogP contribution >= 0.6 is 0 Å². The largest absolute Gasteiger partial charge is 0.310 e. The van der Waals surface area contributed by atoms with Crippen molar-refractivity contribution in [1.82, 2.24) is 4.57 Å². The molecule has 0 saturated heterocycles. The topological polar surface area (TPSA) is 8.17 Å². The highest BCUT2D eigenvalue weighted by Crippen LogP contribution is 2.59. The fourth-order valence-corrected chi connectivity index (χ4v) is 13.6. The van der Waals surface area contributed by atoms with Gasteiger partial charge in [-0.2, -0.15) is 0 Å². The fraction of sp³-hybridized carbons (Fsp3) is 0.0526. The summed E-state index contributed by atoms with van der Waals surface area (Å²) in [6, 6.07) is 108. The highest BCUT2D eigenvalue weighted by molar-refractivity contribution is 6.10. The van der Waals surface area contributed by atoms with Gasteiger partial charge in [0.2, 0.25) is 0 Å². The Morgan fingerprint density at radius 2 is 0.846 bits per heavy atom. The van der Waals surface area contributed by atoms with Gasteiger partial charge in [-0.25, -0.2) is 0 Å². The van der Waals surface area contributed by atoms with Crippen molar-refractivity contribution in [3.05, 3.63) is 325 Å². The first-order chi connectivity index (χ1) is 38.5. The molecule has 1 aromatic heterocycles. The van der Waals surface area contributed by atoms with Gasteiger partial charge < -0.3 is 9.47 Å². The number of rotatable bonds is 9. The van der Waals surface area contributed by atoms with Gasteiger partial charge in [0.1, 0.15) is 0 Å². The van der Waals surface area contributed by atoms with E-state index in [1.165, 1.54) is 88.6 Å². The summed E-state index contributed by atoms with van der Waals surface area (Å²) in [5.41, 5.74) is 26.4. The van der Waals surface area contributed by atoms with Gasteiger partial charge in [0.25, 0.3) is 0 Å². The Labute approximate surface area is 456 Å². The third-order valence-electron chi connectivity index (χ3n) is 17.1. The lowest BCUT2D eigenvalue weighted by atomic mass is 9.66. The van der Waals surface area contributed by atoms with Gasteiger partial charge in [0.05, 0.1) is 22.1 Å². The molecule has 2 heteroatoms. The molecular weight excluding hydrogens is 941 g/mol. The quantitative estimate of drug-likeness (QED) is 0.140. The van der Waals surface area contributed by atoms with E-state index in [9.17, 15) is 0 Å². The summed E-state index contributed by atoms with van der Waals surface area (Å²) >= 11 is 0. The summed E-state index contributed by atoms with van der Waals surface area (Å²) in [6.45, 7) is 4.70. The molecule has 0 bridgehead atoms. The molecule has 0 atom stereocenters. The summed E-state index contributed by atoms with van der Waals surface area (Å²) in [4.78, 5) is 2.43. The number of anilines is 3. The van der Waals surface area contributed by atoms with Crippen molar-refractivity contribution in [3.63, 3.8) is 0 Å². The van der Waals surface area contributed by atoms with Gasteiger partial charge in [-0.15, -0.1) is 0 Å². The number of aromatic nitrogens is 1. The van der Waals surface area contributed by atoms with Crippen LogP contribution in [0.3, 0.4) is 0 Å². The first-order valence-corrected chi connectivity index (χ1v) is 27.2. The van der Waals surface area contributed by atoms with Crippen molar-refractivity contribution in [2.24, 2.45) is 0 Å². The first-order valence-electron chi connectivity index (χ1n) is 27.2. The molecule has 2 aliphatic carbocycles. The van der Waals surface area contributed by atoms with Crippen molar-refractivity contribution in [2.75, 3.05) is 4.90 Å². The van der Waals surface area contributed by atoms with E-state index < -0.39 is 5.41 Å². The lowest BCUT2D eigenvalue weighted by Gasteiger charge is -2.35. The summed E-state index contributed by atoms with van der Waals surface area (Å²) < 4.78 is 2.48. The molecule has 78 heavy (non-hydrogen) atoms. The lowest BCUT2D eigenvalue weighted by molar-refractivity contribution is 0.660. The van der Waals surface area contributed by atoms with Crippen LogP contribution in [-0.2, 0) is 10.8 Å². The Hall–Kier alpha value is -9.76. The Morgan fingerprint density at radius 1 is 0.308 bits per heavy atom. The molecule has 0 unspecified atom stereocenters. The molecule has 0 spiro atoms. The minimum absolute atomic E-state index is 0.0722. The normalized spacial score (nSPS) is 13.5. The summed E-state index contributed by atoms with van der Waals surface area (Å²) in [5.74, 6) is 0. The Kier molecular flexibility index (Phi) is 10.5. The van der Waals surface area contributed by atoms with Gasteiger partial charge in [0, 0.05) is 38.8 Å². The molecule has 12 aromatic carbocycles. The Bertz CT molecular complexity index is 4430. The predicted octanol–water partition coefficient (Wildman–Crippen LogP) is 19.9. The standard InChI is InChI=1S/C76H54N2/c1-75(2)68-39-16-12-35-63(68)67-50-59(44-46-69(67)75)77(57-30-10-5-11-31-57)71-41-18-14-33-60(71)53-24-20-23-51(47-53)52-43-45-65-64-36-15-19-42-72(64)78(73(65)49-52)58-32-21-25-54(48-58)61-37-22-38-66-62-34-13-17-40-70(62)76(74(61)66,55-26-6-3-7-27-55)56-28-8-4-9-29-56/h3-50H,1-2H3. The van der Waals surface area contributed by atoms with Gasteiger partial charge in [-0.1, -0.05) is 244 Å². The third kappa shape index (κ3) is 6.89. The average Bonchev–Trinajstić information content (AvgIpc) is 4.30. The second-order valence-electron chi connectivity index (χ2n) is 21.6. The summed E-state index contributed by atoms with van der Waals surface area (Å²) in [5, 5.41) is 2.46. The van der Waals surface area contributed by atoms with Crippen LogP contribution in [0.2, 0.25) is 0 Å². The van der Waals surface area contributed by atoms with E-state index in [-0.39, 0.29) is 5.41 Å². The van der Waals surface area contributed by atoms with Gasteiger partial charge >= 0.3 is 0 Å². The number of benzene rings is 12. The van der Waals surface area contributed by atoms with E-state index in [1.807, 2.05) is 0 Å². The van der Waals surface area contributed by atoms with Crippen LogP contribution in [0.4, 0.5) is 17.1 Å².